The molecule has 1 N–H and O–H groups in total. The van der Waals surface area contributed by atoms with Gasteiger partial charge >= 0.3 is 0 Å². The van der Waals surface area contributed by atoms with Crippen LogP contribution in [0.5, 0.6) is 5.75 Å². The number of amides is 1. The molecule has 2 aromatic carbocycles. The number of carbonyl (C=O) groups is 1. The van der Waals surface area contributed by atoms with E-state index in [0.29, 0.717) is 35.1 Å². The Morgan fingerprint density at radius 2 is 1.79 bits per heavy atom. The maximum absolute atomic E-state index is 13.2. The van der Waals surface area contributed by atoms with Crippen LogP contribution in [0.15, 0.2) is 81.7 Å². The third kappa shape index (κ3) is 5.38. The molecular formula is C24H25N3O4S2. The van der Waals surface area contributed by atoms with Gasteiger partial charge in [0.15, 0.2) is 0 Å². The second-order valence-electron chi connectivity index (χ2n) is 7.55. The first-order chi connectivity index (χ1) is 16.0. The van der Waals surface area contributed by atoms with Gasteiger partial charge < -0.3 is 10.1 Å². The molecule has 1 aliphatic heterocycles. The van der Waals surface area contributed by atoms with Crippen molar-refractivity contribution >= 4 is 33.4 Å². The highest BCUT2D eigenvalue weighted by Gasteiger charge is 2.27. The molecule has 0 saturated carbocycles. The van der Waals surface area contributed by atoms with Crippen molar-refractivity contribution in [1.29, 1.82) is 0 Å². The molecule has 0 unspecified atom stereocenters. The number of rotatable bonds is 7. The van der Waals surface area contributed by atoms with Crippen LogP contribution in [0.4, 0.5) is 5.69 Å². The summed E-state index contributed by atoms with van der Waals surface area (Å²) < 4.78 is 33.1. The molecule has 33 heavy (non-hydrogen) atoms. The van der Waals surface area contributed by atoms with Crippen LogP contribution in [-0.2, 0) is 10.0 Å². The van der Waals surface area contributed by atoms with Crippen molar-refractivity contribution < 1.29 is 17.9 Å². The highest BCUT2D eigenvalue weighted by Crippen LogP contribution is 2.32. The maximum Gasteiger partial charge on any atom is 0.258 e. The number of hydrogen-bond donors (Lipinski definition) is 1. The molecule has 0 spiro atoms. The Kier molecular flexibility index (Phi) is 7.32. The van der Waals surface area contributed by atoms with E-state index in [9.17, 15) is 13.2 Å². The zero-order chi connectivity index (χ0) is 23.3. The SMILES string of the molecule is COc1ccc(S(=O)(=O)N2CCCCC2)cc1NC(=O)c1cccnc1Sc1ccccc1. The normalized spacial score (nSPS) is 14.6. The Morgan fingerprint density at radius 1 is 1.03 bits per heavy atom. The second kappa shape index (κ2) is 10.4. The van der Waals surface area contributed by atoms with Crippen LogP contribution in [0.2, 0.25) is 0 Å². The van der Waals surface area contributed by atoms with Crippen LogP contribution < -0.4 is 10.1 Å². The van der Waals surface area contributed by atoms with Crippen molar-refractivity contribution in [3.63, 3.8) is 0 Å². The molecule has 0 atom stereocenters. The van der Waals surface area contributed by atoms with Crippen molar-refractivity contribution in [3.8, 4) is 5.75 Å². The van der Waals surface area contributed by atoms with E-state index >= 15 is 0 Å². The molecule has 0 aliphatic carbocycles. The third-order valence-electron chi connectivity index (χ3n) is 5.35. The number of hydrogen-bond acceptors (Lipinski definition) is 6. The minimum Gasteiger partial charge on any atom is -0.495 e. The lowest BCUT2D eigenvalue weighted by Crippen LogP contribution is -2.35. The Labute approximate surface area is 198 Å². The highest BCUT2D eigenvalue weighted by molar-refractivity contribution is 7.99. The lowest BCUT2D eigenvalue weighted by molar-refractivity contribution is 0.102. The number of benzene rings is 2. The zero-order valence-electron chi connectivity index (χ0n) is 18.2. The Morgan fingerprint density at radius 3 is 2.52 bits per heavy atom. The first-order valence-corrected chi connectivity index (χ1v) is 12.9. The number of carbonyl (C=O) groups excluding carboxylic acids is 1. The van der Waals surface area contributed by atoms with Gasteiger partial charge in [-0.2, -0.15) is 4.31 Å². The average molecular weight is 484 g/mol. The number of ether oxygens (including phenoxy) is 1. The summed E-state index contributed by atoms with van der Waals surface area (Å²) in [7, 11) is -2.17. The molecule has 0 radical (unpaired) electrons. The third-order valence-corrected chi connectivity index (χ3v) is 8.27. The first-order valence-electron chi connectivity index (χ1n) is 10.7. The predicted octanol–water partition coefficient (Wildman–Crippen LogP) is 4.67. The van der Waals surface area contributed by atoms with Gasteiger partial charge in [0.2, 0.25) is 10.0 Å². The van der Waals surface area contributed by atoms with Gasteiger partial charge in [-0.05, 0) is 55.3 Å². The number of aromatic nitrogens is 1. The van der Waals surface area contributed by atoms with Crippen molar-refractivity contribution in [1.82, 2.24) is 9.29 Å². The van der Waals surface area contributed by atoms with E-state index in [1.54, 1.807) is 24.4 Å². The van der Waals surface area contributed by atoms with Crippen LogP contribution in [0.3, 0.4) is 0 Å². The molecule has 2 heterocycles. The van der Waals surface area contributed by atoms with Gasteiger partial charge in [-0.15, -0.1) is 0 Å². The molecule has 3 aromatic rings. The van der Waals surface area contributed by atoms with Crippen LogP contribution >= 0.6 is 11.8 Å². The number of methoxy groups -OCH3 is 1. The zero-order valence-corrected chi connectivity index (χ0v) is 19.9. The summed E-state index contributed by atoms with van der Waals surface area (Å²) in [5.74, 6) is -0.0190. The Balaban J connectivity index is 1.61. The molecule has 1 aliphatic rings. The molecule has 7 nitrogen and oxygen atoms in total. The van der Waals surface area contributed by atoms with E-state index in [1.165, 1.54) is 35.3 Å². The monoisotopic (exact) mass is 483 g/mol. The summed E-state index contributed by atoms with van der Waals surface area (Å²) in [5.41, 5.74) is 0.679. The van der Waals surface area contributed by atoms with Gasteiger partial charge in [0.25, 0.3) is 5.91 Å². The molecule has 4 rings (SSSR count). The summed E-state index contributed by atoms with van der Waals surface area (Å²) >= 11 is 1.38. The fourth-order valence-electron chi connectivity index (χ4n) is 3.63. The standard InChI is InChI=1S/C24H25N3O4S2/c1-31-22-13-12-19(33(29,30)27-15-6-3-7-16-27)17-21(22)26-23(28)20-11-8-14-25-24(20)32-18-9-4-2-5-10-18/h2,4-5,8-14,17H,3,6-7,15-16H2,1H3,(H,26,28). The molecule has 1 fully saturated rings. The highest BCUT2D eigenvalue weighted by atomic mass is 32.2. The van der Waals surface area contributed by atoms with Crippen molar-refractivity contribution in [2.24, 2.45) is 0 Å². The molecule has 1 aromatic heterocycles. The summed E-state index contributed by atoms with van der Waals surface area (Å²) in [6, 6.07) is 17.6. The van der Waals surface area contributed by atoms with Gasteiger partial charge in [0, 0.05) is 24.2 Å². The topological polar surface area (TPSA) is 88.6 Å². The summed E-state index contributed by atoms with van der Waals surface area (Å²) in [4.78, 5) is 18.6. The van der Waals surface area contributed by atoms with Gasteiger partial charge in [-0.1, -0.05) is 36.4 Å². The van der Waals surface area contributed by atoms with Gasteiger partial charge in [0.05, 0.1) is 23.3 Å². The average Bonchev–Trinajstić information content (AvgIpc) is 2.85. The van der Waals surface area contributed by atoms with E-state index in [1.807, 2.05) is 30.3 Å². The summed E-state index contributed by atoms with van der Waals surface area (Å²) in [6.07, 6.45) is 4.36. The van der Waals surface area contributed by atoms with E-state index < -0.39 is 15.9 Å². The lowest BCUT2D eigenvalue weighted by atomic mass is 10.2. The number of anilines is 1. The van der Waals surface area contributed by atoms with Crippen LogP contribution in [0.1, 0.15) is 29.6 Å². The second-order valence-corrected chi connectivity index (χ2v) is 10.6. The molecule has 1 saturated heterocycles. The fourth-order valence-corrected chi connectivity index (χ4v) is 6.08. The largest absolute Gasteiger partial charge is 0.495 e. The van der Waals surface area contributed by atoms with Gasteiger partial charge in [-0.25, -0.2) is 13.4 Å². The van der Waals surface area contributed by atoms with Crippen LogP contribution in [-0.4, -0.2) is 43.8 Å². The minimum absolute atomic E-state index is 0.130. The summed E-state index contributed by atoms with van der Waals surface area (Å²) in [5, 5.41) is 3.37. The van der Waals surface area contributed by atoms with Crippen LogP contribution in [0.25, 0.3) is 0 Å². The Hall–Kier alpha value is -2.88. The number of pyridine rings is 1. The first kappa shape index (κ1) is 23.3. The molecule has 9 heteroatoms. The van der Waals surface area contributed by atoms with E-state index in [-0.39, 0.29) is 4.90 Å². The number of nitrogens with zero attached hydrogens (tertiary/aromatic N) is 2. The number of nitrogens with one attached hydrogen (secondary N) is 1. The molecular weight excluding hydrogens is 458 g/mol. The maximum atomic E-state index is 13.2. The van der Waals surface area contributed by atoms with Crippen molar-refractivity contribution in [3.05, 3.63) is 72.4 Å². The fraction of sp³-hybridized carbons (Fsp3) is 0.250. The van der Waals surface area contributed by atoms with Gasteiger partial charge in [0.1, 0.15) is 10.8 Å². The van der Waals surface area contributed by atoms with E-state index in [2.05, 4.69) is 10.3 Å². The molecule has 0 bridgehead atoms. The van der Waals surface area contributed by atoms with Crippen molar-refractivity contribution in [2.75, 3.05) is 25.5 Å². The predicted molar refractivity (Wildman–Crippen MR) is 128 cm³/mol. The summed E-state index contributed by atoms with van der Waals surface area (Å²) in [6.45, 7) is 1.01. The smallest absolute Gasteiger partial charge is 0.258 e. The molecule has 172 valence electrons. The molecule has 1 amide bonds. The number of piperidine rings is 1. The number of sulfonamides is 1. The van der Waals surface area contributed by atoms with Gasteiger partial charge in [-0.3, -0.25) is 4.79 Å². The van der Waals surface area contributed by atoms with Crippen molar-refractivity contribution in [2.45, 2.75) is 34.1 Å². The van der Waals surface area contributed by atoms with E-state index in [4.69, 9.17) is 4.74 Å². The van der Waals surface area contributed by atoms with E-state index in [0.717, 1.165) is 24.2 Å². The minimum atomic E-state index is -3.65. The van der Waals surface area contributed by atoms with Crippen LogP contribution in [0, 0.1) is 0 Å². The Bertz CT molecular complexity index is 1230. The quantitative estimate of drug-likeness (QED) is 0.525. The lowest BCUT2D eigenvalue weighted by Gasteiger charge is -2.26.